The number of hydrogen-bond donors (Lipinski definition) is 1. The highest BCUT2D eigenvalue weighted by atomic mass is 35.5. The maximum Gasteiger partial charge on any atom is 0.175 e. The molecule has 0 saturated carbocycles. The SMILES string of the molecule is CS(=O)(=O)c1ccc(-c2ccc(-c3nc4cc(CC5CCOCC5)[nH]c4cc3Cl)cc2)cc1. The predicted octanol–water partition coefficient (Wildman–Crippen LogP) is 5.92. The van der Waals surface area contributed by atoms with Gasteiger partial charge in [-0.15, -0.1) is 0 Å². The van der Waals surface area contributed by atoms with Crippen LogP contribution in [0.2, 0.25) is 5.02 Å². The van der Waals surface area contributed by atoms with Crippen molar-refractivity contribution >= 4 is 32.5 Å². The number of pyridine rings is 1. The van der Waals surface area contributed by atoms with Crippen molar-refractivity contribution in [1.82, 2.24) is 9.97 Å². The Balaban J connectivity index is 1.39. The molecule has 3 heterocycles. The average molecular weight is 481 g/mol. The van der Waals surface area contributed by atoms with Crippen molar-refractivity contribution in [3.63, 3.8) is 0 Å². The van der Waals surface area contributed by atoms with Gasteiger partial charge in [0.25, 0.3) is 0 Å². The second kappa shape index (κ2) is 8.93. The molecule has 1 N–H and O–H groups in total. The van der Waals surface area contributed by atoms with Gasteiger partial charge < -0.3 is 9.72 Å². The summed E-state index contributed by atoms with van der Waals surface area (Å²) in [5.74, 6) is 0.640. The second-order valence-corrected chi connectivity index (χ2v) is 11.1. The maximum absolute atomic E-state index is 11.7. The molecule has 1 aliphatic rings. The zero-order valence-electron chi connectivity index (χ0n) is 18.3. The van der Waals surface area contributed by atoms with Crippen molar-refractivity contribution < 1.29 is 13.2 Å². The topological polar surface area (TPSA) is 72.1 Å². The first kappa shape index (κ1) is 22.1. The molecular formula is C26H25ClN2O3S. The van der Waals surface area contributed by atoms with Gasteiger partial charge >= 0.3 is 0 Å². The highest BCUT2D eigenvalue weighted by Gasteiger charge is 2.17. The highest BCUT2D eigenvalue weighted by Crippen LogP contribution is 2.32. The summed E-state index contributed by atoms with van der Waals surface area (Å²) in [6.45, 7) is 1.69. The summed E-state index contributed by atoms with van der Waals surface area (Å²) in [6, 6.07) is 19.0. The third-order valence-electron chi connectivity index (χ3n) is 6.24. The summed E-state index contributed by atoms with van der Waals surface area (Å²) in [4.78, 5) is 8.64. The number of rotatable bonds is 5. The molecule has 0 bridgehead atoms. The van der Waals surface area contributed by atoms with E-state index in [9.17, 15) is 8.42 Å². The molecule has 2 aromatic heterocycles. The molecule has 1 fully saturated rings. The summed E-state index contributed by atoms with van der Waals surface area (Å²) in [7, 11) is -3.21. The van der Waals surface area contributed by atoms with E-state index in [0.29, 0.717) is 15.8 Å². The molecule has 1 saturated heterocycles. The van der Waals surface area contributed by atoms with Gasteiger partial charge in [-0.05, 0) is 60.6 Å². The molecule has 5 rings (SSSR count). The summed E-state index contributed by atoms with van der Waals surface area (Å²) in [5.41, 5.74) is 6.68. The molecule has 0 aliphatic carbocycles. The van der Waals surface area contributed by atoms with E-state index in [0.717, 1.165) is 65.9 Å². The maximum atomic E-state index is 11.7. The van der Waals surface area contributed by atoms with Gasteiger partial charge in [-0.25, -0.2) is 13.4 Å². The van der Waals surface area contributed by atoms with Gasteiger partial charge in [-0.1, -0.05) is 48.0 Å². The number of sulfone groups is 1. The fourth-order valence-corrected chi connectivity index (χ4v) is 5.27. The van der Waals surface area contributed by atoms with Gasteiger partial charge in [-0.3, -0.25) is 0 Å². The van der Waals surface area contributed by atoms with Crippen LogP contribution in [0.1, 0.15) is 18.5 Å². The first-order chi connectivity index (χ1) is 15.9. The van der Waals surface area contributed by atoms with Crippen LogP contribution in [0.3, 0.4) is 0 Å². The first-order valence-corrected chi connectivity index (χ1v) is 13.3. The van der Waals surface area contributed by atoms with Gasteiger partial charge in [0.2, 0.25) is 0 Å². The molecule has 4 aromatic rings. The van der Waals surface area contributed by atoms with E-state index in [1.165, 1.54) is 11.9 Å². The molecule has 5 nitrogen and oxygen atoms in total. The van der Waals surface area contributed by atoms with E-state index in [1.54, 1.807) is 12.1 Å². The molecule has 2 aromatic carbocycles. The van der Waals surface area contributed by atoms with Crippen molar-refractivity contribution in [2.45, 2.75) is 24.2 Å². The van der Waals surface area contributed by atoms with E-state index in [2.05, 4.69) is 11.1 Å². The lowest BCUT2D eigenvalue weighted by atomic mass is 9.95. The number of halogens is 1. The number of H-pyrrole nitrogens is 1. The van der Waals surface area contributed by atoms with Crippen LogP contribution in [0.5, 0.6) is 0 Å². The zero-order chi connectivity index (χ0) is 23.0. The fraction of sp³-hybridized carbons (Fsp3) is 0.269. The van der Waals surface area contributed by atoms with Gasteiger partial charge in [-0.2, -0.15) is 0 Å². The monoisotopic (exact) mass is 480 g/mol. The Hall–Kier alpha value is -2.67. The van der Waals surface area contributed by atoms with Crippen molar-refractivity contribution in [2.24, 2.45) is 5.92 Å². The predicted molar refractivity (Wildman–Crippen MR) is 132 cm³/mol. The van der Waals surface area contributed by atoms with E-state index in [4.69, 9.17) is 21.3 Å². The minimum atomic E-state index is -3.21. The summed E-state index contributed by atoms with van der Waals surface area (Å²) in [6.07, 6.45) is 4.40. The average Bonchev–Trinajstić information content (AvgIpc) is 3.20. The van der Waals surface area contributed by atoms with Crippen molar-refractivity contribution in [3.05, 3.63) is 71.4 Å². The summed E-state index contributed by atoms with van der Waals surface area (Å²) < 4.78 is 28.8. The van der Waals surface area contributed by atoms with E-state index in [-0.39, 0.29) is 0 Å². The number of nitrogens with zero attached hydrogens (tertiary/aromatic N) is 1. The minimum Gasteiger partial charge on any atom is -0.381 e. The standard InChI is InChI=1S/C26H25ClN2O3S/c1-33(30,31)22-8-6-19(7-9-22)18-2-4-20(5-3-18)26-23(27)16-25-24(29-26)15-21(28-25)14-17-10-12-32-13-11-17/h2-9,15-17,28H,10-14H2,1H3. The minimum absolute atomic E-state index is 0.315. The lowest BCUT2D eigenvalue weighted by molar-refractivity contribution is 0.0663. The normalized spacial score (nSPS) is 15.2. The summed E-state index contributed by atoms with van der Waals surface area (Å²) >= 11 is 6.60. The molecule has 7 heteroatoms. The number of nitrogens with one attached hydrogen (secondary N) is 1. The number of ether oxygens (including phenoxy) is 1. The smallest absolute Gasteiger partial charge is 0.175 e. The number of aromatic amines is 1. The first-order valence-electron chi connectivity index (χ1n) is 11.0. The van der Waals surface area contributed by atoms with Crippen LogP contribution in [0.15, 0.2) is 65.6 Å². The third kappa shape index (κ3) is 4.83. The Kier molecular flexibility index (Phi) is 5.99. The van der Waals surface area contributed by atoms with Crippen LogP contribution in [-0.4, -0.2) is 37.9 Å². The van der Waals surface area contributed by atoms with Gasteiger partial charge in [0, 0.05) is 30.7 Å². The lowest BCUT2D eigenvalue weighted by Crippen LogP contribution is -2.17. The number of hydrogen-bond acceptors (Lipinski definition) is 4. The largest absolute Gasteiger partial charge is 0.381 e. The van der Waals surface area contributed by atoms with E-state index in [1.807, 2.05) is 42.5 Å². The van der Waals surface area contributed by atoms with Crippen LogP contribution < -0.4 is 0 Å². The van der Waals surface area contributed by atoms with Crippen molar-refractivity contribution in [2.75, 3.05) is 19.5 Å². The molecular weight excluding hydrogens is 456 g/mol. The highest BCUT2D eigenvalue weighted by molar-refractivity contribution is 7.90. The Bertz CT molecular complexity index is 1390. The zero-order valence-corrected chi connectivity index (χ0v) is 19.9. The molecule has 1 aliphatic heterocycles. The second-order valence-electron chi connectivity index (χ2n) is 8.68. The molecule has 0 amide bonds. The van der Waals surface area contributed by atoms with Crippen LogP contribution in [0, 0.1) is 5.92 Å². The van der Waals surface area contributed by atoms with E-state index < -0.39 is 9.84 Å². The number of fused-ring (bicyclic) bond motifs is 1. The van der Waals surface area contributed by atoms with Crippen LogP contribution >= 0.6 is 11.6 Å². The van der Waals surface area contributed by atoms with Crippen molar-refractivity contribution in [3.8, 4) is 22.4 Å². The van der Waals surface area contributed by atoms with Crippen LogP contribution in [0.4, 0.5) is 0 Å². The van der Waals surface area contributed by atoms with Crippen molar-refractivity contribution in [1.29, 1.82) is 0 Å². The Morgan fingerprint density at radius 2 is 1.58 bits per heavy atom. The molecule has 0 radical (unpaired) electrons. The molecule has 33 heavy (non-hydrogen) atoms. The number of aromatic nitrogens is 2. The summed E-state index contributed by atoms with van der Waals surface area (Å²) in [5, 5.41) is 0.604. The Morgan fingerprint density at radius 1 is 0.970 bits per heavy atom. The Morgan fingerprint density at radius 3 is 2.21 bits per heavy atom. The fourth-order valence-electron chi connectivity index (χ4n) is 4.38. The molecule has 170 valence electrons. The van der Waals surface area contributed by atoms with Gasteiger partial charge in [0.15, 0.2) is 9.84 Å². The lowest BCUT2D eigenvalue weighted by Gasteiger charge is -2.21. The number of benzene rings is 2. The van der Waals surface area contributed by atoms with Gasteiger partial charge in [0.1, 0.15) is 0 Å². The molecule has 0 spiro atoms. The third-order valence-corrected chi connectivity index (χ3v) is 7.65. The Labute approximate surface area is 198 Å². The van der Waals surface area contributed by atoms with E-state index >= 15 is 0 Å². The molecule has 0 atom stereocenters. The van der Waals surface area contributed by atoms with Gasteiger partial charge in [0.05, 0.1) is 26.6 Å². The quantitative estimate of drug-likeness (QED) is 0.384. The van der Waals surface area contributed by atoms with Crippen LogP contribution in [-0.2, 0) is 21.0 Å². The molecule has 0 unspecified atom stereocenters. The van der Waals surface area contributed by atoms with Crippen LogP contribution in [0.25, 0.3) is 33.4 Å².